The number of alkyl halides is 3. The van der Waals surface area contributed by atoms with Crippen molar-refractivity contribution in [3.05, 3.63) is 0 Å². The Balaban J connectivity index is 2.30. The Morgan fingerprint density at radius 3 is 2.61 bits per heavy atom. The highest BCUT2D eigenvalue weighted by Crippen LogP contribution is 2.21. The average molecular weight is 268 g/mol. The van der Waals surface area contributed by atoms with E-state index in [1.165, 1.54) is 0 Å². The zero-order valence-corrected chi connectivity index (χ0v) is 9.66. The van der Waals surface area contributed by atoms with Crippen molar-refractivity contribution in [3.8, 4) is 0 Å². The summed E-state index contributed by atoms with van der Waals surface area (Å²) in [6, 6.07) is -1.48. The lowest BCUT2D eigenvalue weighted by Gasteiger charge is -2.21. The molecule has 1 rings (SSSR count). The minimum atomic E-state index is -4.23. The van der Waals surface area contributed by atoms with E-state index in [0.717, 1.165) is 4.90 Å². The Bertz CT molecular complexity index is 320. The Morgan fingerprint density at radius 1 is 1.39 bits per heavy atom. The van der Waals surface area contributed by atoms with Crippen molar-refractivity contribution in [2.24, 2.45) is 0 Å². The third kappa shape index (κ3) is 4.42. The number of hydrogen-bond acceptors (Lipinski definition) is 2. The van der Waals surface area contributed by atoms with Crippen molar-refractivity contribution in [2.75, 3.05) is 13.1 Å². The minimum absolute atomic E-state index is 0.110. The predicted octanol–water partition coefficient (Wildman–Crippen LogP) is 1.59. The Morgan fingerprint density at radius 2 is 2.06 bits per heavy atom. The molecule has 18 heavy (non-hydrogen) atoms. The number of halogens is 3. The molecule has 0 spiro atoms. The van der Waals surface area contributed by atoms with E-state index in [9.17, 15) is 22.8 Å². The zero-order chi connectivity index (χ0) is 13.8. The van der Waals surface area contributed by atoms with E-state index in [2.05, 4.69) is 5.32 Å². The summed E-state index contributed by atoms with van der Waals surface area (Å²) >= 11 is 0. The number of carbonyl (C=O) groups is 2. The lowest BCUT2D eigenvalue weighted by molar-refractivity contribution is -0.141. The molecule has 2 N–H and O–H groups in total. The lowest BCUT2D eigenvalue weighted by Crippen LogP contribution is -2.46. The van der Waals surface area contributed by atoms with Crippen LogP contribution < -0.4 is 5.32 Å². The number of nitrogens with zero attached hydrogens (tertiary/aromatic N) is 1. The van der Waals surface area contributed by atoms with Gasteiger partial charge in [-0.05, 0) is 19.3 Å². The molecule has 1 aliphatic rings. The molecule has 1 atom stereocenters. The first-order chi connectivity index (χ1) is 8.31. The van der Waals surface area contributed by atoms with Gasteiger partial charge in [0.25, 0.3) is 0 Å². The first-order valence-electron chi connectivity index (χ1n) is 5.65. The van der Waals surface area contributed by atoms with Crippen LogP contribution in [0.2, 0.25) is 0 Å². The van der Waals surface area contributed by atoms with Crippen LogP contribution in [0.5, 0.6) is 0 Å². The number of amides is 2. The summed E-state index contributed by atoms with van der Waals surface area (Å²) < 4.78 is 35.5. The van der Waals surface area contributed by atoms with Gasteiger partial charge in [0.2, 0.25) is 0 Å². The minimum Gasteiger partial charge on any atom is -0.480 e. The number of nitrogens with one attached hydrogen (secondary N) is 1. The Labute approximate surface area is 102 Å². The Kier molecular flexibility index (Phi) is 4.80. The van der Waals surface area contributed by atoms with Crippen LogP contribution in [-0.4, -0.2) is 47.3 Å². The monoisotopic (exact) mass is 268 g/mol. The van der Waals surface area contributed by atoms with Gasteiger partial charge in [-0.15, -0.1) is 0 Å². The molecule has 1 saturated heterocycles. The highest BCUT2D eigenvalue weighted by atomic mass is 19.4. The maximum atomic E-state index is 11.8. The smallest absolute Gasteiger partial charge is 0.389 e. The summed E-state index contributed by atoms with van der Waals surface area (Å²) in [6.45, 7) is 0.212. The molecular formula is C10H15F3N2O3. The average Bonchev–Trinajstić information content (AvgIpc) is 2.71. The maximum absolute atomic E-state index is 11.8. The molecule has 0 radical (unpaired) electrons. The molecule has 0 aromatic rings. The van der Waals surface area contributed by atoms with Crippen molar-refractivity contribution in [3.63, 3.8) is 0 Å². The standard InChI is InChI=1S/C10H15F3N2O3/c11-10(12,13)4-2-5-14-9(18)15-6-1-3-7(15)8(16)17/h7H,1-6H2,(H,14,18)(H,16,17). The molecule has 1 heterocycles. The summed E-state index contributed by atoms with van der Waals surface area (Å²) in [5.41, 5.74) is 0. The second kappa shape index (κ2) is 5.92. The van der Waals surface area contributed by atoms with E-state index < -0.39 is 30.6 Å². The van der Waals surface area contributed by atoms with Gasteiger partial charge in [-0.3, -0.25) is 0 Å². The first kappa shape index (κ1) is 14.6. The lowest BCUT2D eigenvalue weighted by atomic mass is 10.2. The molecule has 1 aliphatic heterocycles. The fraction of sp³-hybridized carbons (Fsp3) is 0.800. The molecular weight excluding hydrogens is 253 g/mol. The van der Waals surface area contributed by atoms with E-state index in [1.54, 1.807) is 0 Å². The molecule has 5 nitrogen and oxygen atoms in total. The summed E-state index contributed by atoms with van der Waals surface area (Å²) in [5.74, 6) is -1.09. The largest absolute Gasteiger partial charge is 0.480 e. The number of carboxylic acids is 1. The normalized spacial score (nSPS) is 19.9. The van der Waals surface area contributed by atoms with Crippen LogP contribution in [0.15, 0.2) is 0 Å². The molecule has 0 bridgehead atoms. The number of carbonyl (C=O) groups excluding carboxylic acids is 1. The number of hydrogen-bond donors (Lipinski definition) is 2. The highest BCUT2D eigenvalue weighted by molar-refractivity contribution is 5.83. The number of carboxylic acid groups (broad SMARTS) is 1. The molecule has 104 valence electrons. The second-order valence-corrected chi connectivity index (χ2v) is 4.14. The van der Waals surface area contributed by atoms with E-state index in [0.29, 0.717) is 19.4 Å². The van der Waals surface area contributed by atoms with Gasteiger partial charge >= 0.3 is 18.2 Å². The van der Waals surface area contributed by atoms with Crippen molar-refractivity contribution < 1.29 is 27.9 Å². The van der Waals surface area contributed by atoms with Crippen molar-refractivity contribution >= 4 is 12.0 Å². The molecule has 1 unspecified atom stereocenters. The second-order valence-electron chi connectivity index (χ2n) is 4.14. The number of likely N-dealkylation sites (tertiary alicyclic amines) is 1. The topological polar surface area (TPSA) is 69.6 Å². The van der Waals surface area contributed by atoms with Crippen molar-refractivity contribution in [2.45, 2.75) is 37.9 Å². The fourth-order valence-corrected chi connectivity index (χ4v) is 1.85. The molecule has 0 aromatic carbocycles. The van der Waals surface area contributed by atoms with Crippen LogP contribution in [0.25, 0.3) is 0 Å². The van der Waals surface area contributed by atoms with Gasteiger partial charge in [-0.1, -0.05) is 0 Å². The van der Waals surface area contributed by atoms with E-state index in [4.69, 9.17) is 5.11 Å². The maximum Gasteiger partial charge on any atom is 0.389 e. The van der Waals surface area contributed by atoms with Gasteiger partial charge in [-0.2, -0.15) is 13.2 Å². The summed E-state index contributed by atoms with van der Waals surface area (Å²) in [4.78, 5) is 23.5. The number of urea groups is 1. The van der Waals surface area contributed by atoms with Crippen LogP contribution >= 0.6 is 0 Å². The van der Waals surface area contributed by atoms with Crippen LogP contribution in [-0.2, 0) is 4.79 Å². The zero-order valence-electron chi connectivity index (χ0n) is 9.66. The molecule has 2 amide bonds. The van der Waals surface area contributed by atoms with Gasteiger partial charge in [0.1, 0.15) is 6.04 Å². The third-order valence-electron chi connectivity index (χ3n) is 2.71. The molecule has 0 aromatic heterocycles. The fourth-order valence-electron chi connectivity index (χ4n) is 1.85. The number of rotatable bonds is 4. The summed E-state index contributed by atoms with van der Waals surface area (Å²) in [5, 5.41) is 11.1. The van der Waals surface area contributed by atoms with E-state index in [-0.39, 0.29) is 13.0 Å². The molecule has 1 fully saturated rings. The van der Waals surface area contributed by atoms with Gasteiger partial charge < -0.3 is 15.3 Å². The number of aliphatic carboxylic acids is 1. The SMILES string of the molecule is O=C(O)C1CCCN1C(=O)NCCCC(F)(F)F. The van der Waals surface area contributed by atoms with Crippen molar-refractivity contribution in [1.82, 2.24) is 10.2 Å². The molecule has 0 aliphatic carbocycles. The van der Waals surface area contributed by atoms with Crippen LogP contribution in [0.3, 0.4) is 0 Å². The third-order valence-corrected chi connectivity index (χ3v) is 2.71. The van der Waals surface area contributed by atoms with Gasteiger partial charge in [0.05, 0.1) is 0 Å². The van der Waals surface area contributed by atoms with Gasteiger partial charge in [0, 0.05) is 19.5 Å². The van der Waals surface area contributed by atoms with Crippen LogP contribution in [0.4, 0.5) is 18.0 Å². The molecule has 8 heteroatoms. The van der Waals surface area contributed by atoms with Crippen LogP contribution in [0, 0.1) is 0 Å². The van der Waals surface area contributed by atoms with Gasteiger partial charge in [0.15, 0.2) is 0 Å². The quantitative estimate of drug-likeness (QED) is 0.761. The first-order valence-corrected chi connectivity index (χ1v) is 5.65. The van der Waals surface area contributed by atoms with Crippen molar-refractivity contribution in [1.29, 1.82) is 0 Å². The highest BCUT2D eigenvalue weighted by Gasteiger charge is 2.34. The molecule has 0 saturated carbocycles. The van der Waals surface area contributed by atoms with Gasteiger partial charge in [-0.25, -0.2) is 9.59 Å². The summed E-state index contributed by atoms with van der Waals surface area (Å²) in [7, 11) is 0. The van der Waals surface area contributed by atoms with E-state index in [1.807, 2.05) is 0 Å². The summed E-state index contributed by atoms with van der Waals surface area (Å²) in [6.07, 6.45) is -4.43. The van der Waals surface area contributed by atoms with Crippen LogP contribution in [0.1, 0.15) is 25.7 Å². The predicted molar refractivity (Wildman–Crippen MR) is 56.1 cm³/mol. The van der Waals surface area contributed by atoms with E-state index >= 15 is 0 Å². The Hall–Kier alpha value is -1.47.